The van der Waals surface area contributed by atoms with Gasteiger partial charge in [0.15, 0.2) is 0 Å². The Balaban J connectivity index is 1.31. The van der Waals surface area contributed by atoms with Crippen LogP contribution in [0.25, 0.3) is 0 Å². The molecule has 1 unspecified atom stereocenters. The van der Waals surface area contributed by atoms with Crippen molar-refractivity contribution >= 4 is 38.3 Å². The largest absolute Gasteiger partial charge is 0.497 e. The van der Waals surface area contributed by atoms with E-state index >= 15 is 0 Å². The maximum absolute atomic E-state index is 14.1. The number of sulfonamides is 1. The summed E-state index contributed by atoms with van der Waals surface area (Å²) in [5.74, 6) is -0.919. The predicted octanol–water partition coefficient (Wildman–Crippen LogP) is 7.44. The highest BCUT2D eigenvalue weighted by atomic mass is 35.5. The molecule has 0 saturated heterocycles. The third-order valence-electron chi connectivity index (χ3n) is 8.05. The van der Waals surface area contributed by atoms with Gasteiger partial charge < -0.3 is 19.5 Å². The van der Waals surface area contributed by atoms with Gasteiger partial charge >= 0.3 is 6.18 Å². The zero-order chi connectivity index (χ0) is 34.5. The molecule has 0 radical (unpaired) electrons. The smallest absolute Gasteiger partial charge is 0.391 e. The number of methoxy groups -OCH3 is 2. The Morgan fingerprint density at radius 2 is 1.88 bits per heavy atom. The van der Waals surface area contributed by atoms with Crippen LogP contribution in [0.1, 0.15) is 47.4 Å². The van der Waals surface area contributed by atoms with Crippen LogP contribution in [0.5, 0.6) is 17.2 Å². The molecule has 1 N–H and O–H groups in total. The van der Waals surface area contributed by atoms with E-state index in [0.717, 1.165) is 15.8 Å². The van der Waals surface area contributed by atoms with Gasteiger partial charge in [0.1, 0.15) is 29.4 Å². The standard InChI is InChI=1S/C32H33ClF4N4O5S2/c1-44-24-8-5-21(29(16-24)45-2)18-41(31-39-19-40-47-31)48(42,43)25-9-10-26-28(12-14-46-30(26)17-25)38-13-11-22(32(35,36)37)15-27(33)20-3-6-23(34)7-4-20/h3-10,16-17,19,22,27-28,38H,11-15,18H2,1-2H3/t22-,27?,28+/m1/s1. The van der Waals surface area contributed by atoms with Crippen molar-refractivity contribution in [2.24, 2.45) is 5.92 Å². The number of ether oxygens (including phenoxy) is 3. The molecular formula is C32H33ClF4N4O5S2. The molecule has 0 aliphatic carbocycles. The lowest BCUT2D eigenvalue weighted by molar-refractivity contribution is -0.178. The van der Waals surface area contributed by atoms with E-state index in [1.165, 1.54) is 56.9 Å². The number of fused-ring (bicyclic) bond motifs is 1. The Hall–Kier alpha value is -3.66. The average Bonchev–Trinajstić information content (AvgIpc) is 3.61. The maximum atomic E-state index is 14.1. The minimum Gasteiger partial charge on any atom is -0.497 e. The SMILES string of the molecule is COc1ccc(CN(c2ncns2)S(=O)(=O)c2ccc3c(c2)OCC[C@@H]3NCC[C@H](CC(Cl)c2ccc(F)cc2)C(F)(F)F)c(OC)c1. The van der Waals surface area contributed by atoms with E-state index in [1.807, 2.05) is 0 Å². The molecule has 5 rings (SSSR count). The fraction of sp³-hybridized carbons (Fsp3) is 0.375. The molecule has 1 aliphatic rings. The van der Waals surface area contributed by atoms with Crippen LogP contribution < -0.4 is 23.8 Å². The fourth-order valence-corrected chi connectivity index (χ4v) is 7.95. The summed E-state index contributed by atoms with van der Waals surface area (Å²) in [6.07, 6.45) is -3.35. The van der Waals surface area contributed by atoms with Gasteiger partial charge in [0.05, 0.1) is 43.6 Å². The van der Waals surface area contributed by atoms with Crippen molar-refractivity contribution in [2.75, 3.05) is 31.7 Å². The lowest BCUT2D eigenvalue weighted by Crippen LogP contribution is -2.33. The molecule has 0 fully saturated rings. The van der Waals surface area contributed by atoms with Crippen LogP contribution in [0.15, 0.2) is 71.9 Å². The number of alkyl halides is 4. The van der Waals surface area contributed by atoms with Gasteiger partial charge in [0, 0.05) is 47.3 Å². The van der Waals surface area contributed by atoms with Gasteiger partial charge in [-0.15, -0.1) is 11.6 Å². The number of nitrogens with one attached hydrogen (secondary N) is 1. The molecule has 2 heterocycles. The van der Waals surface area contributed by atoms with Gasteiger partial charge in [-0.05, 0) is 55.3 Å². The first-order valence-corrected chi connectivity index (χ1v) is 17.5. The Morgan fingerprint density at radius 3 is 2.54 bits per heavy atom. The first-order chi connectivity index (χ1) is 22.9. The second-order valence-corrected chi connectivity index (χ2v) is 14.2. The highest BCUT2D eigenvalue weighted by molar-refractivity contribution is 7.93. The second-order valence-electron chi connectivity index (χ2n) is 11.0. The summed E-state index contributed by atoms with van der Waals surface area (Å²) in [6, 6.07) is 14.2. The van der Waals surface area contributed by atoms with Crippen LogP contribution >= 0.6 is 23.1 Å². The zero-order valence-corrected chi connectivity index (χ0v) is 28.3. The Labute approximate surface area is 285 Å². The van der Waals surface area contributed by atoms with Gasteiger partial charge in [-0.3, -0.25) is 0 Å². The van der Waals surface area contributed by atoms with Crippen molar-refractivity contribution in [3.05, 3.63) is 89.5 Å². The molecule has 0 amide bonds. The van der Waals surface area contributed by atoms with Crippen LogP contribution in [-0.4, -0.2) is 51.3 Å². The third kappa shape index (κ3) is 8.31. The monoisotopic (exact) mass is 728 g/mol. The minimum absolute atomic E-state index is 0.0237. The molecule has 9 nitrogen and oxygen atoms in total. The van der Waals surface area contributed by atoms with Crippen molar-refractivity contribution < 1.29 is 40.2 Å². The Bertz CT molecular complexity index is 1780. The number of rotatable bonds is 14. The number of halogens is 5. The number of aromatic nitrogens is 2. The van der Waals surface area contributed by atoms with Crippen molar-refractivity contribution in [3.63, 3.8) is 0 Å². The molecule has 1 aromatic heterocycles. The molecule has 0 spiro atoms. The van der Waals surface area contributed by atoms with E-state index < -0.39 is 33.3 Å². The van der Waals surface area contributed by atoms with Crippen LogP contribution in [0.2, 0.25) is 0 Å². The summed E-state index contributed by atoms with van der Waals surface area (Å²) in [7, 11) is -1.22. The first-order valence-electron chi connectivity index (χ1n) is 14.9. The number of nitrogens with zero attached hydrogens (tertiary/aromatic N) is 3. The number of anilines is 1. The highest BCUT2D eigenvalue weighted by Crippen LogP contribution is 2.40. The van der Waals surface area contributed by atoms with Crippen molar-refractivity contribution in [1.29, 1.82) is 0 Å². The summed E-state index contributed by atoms with van der Waals surface area (Å²) in [5.41, 5.74) is 1.60. The first kappa shape index (κ1) is 35.6. The topological polar surface area (TPSA) is 103 Å². The lowest BCUT2D eigenvalue weighted by atomic mass is 9.94. The fourth-order valence-electron chi connectivity index (χ4n) is 5.44. The van der Waals surface area contributed by atoms with Crippen molar-refractivity contribution in [3.8, 4) is 17.2 Å². The van der Waals surface area contributed by atoms with E-state index in [2.05, 4.69) is 14.7 Å². The molecule has 1 aliphatic heterocycles. The minimum atomic E-state index is -4.49. The number of hydrogen-bond acceptors (Lipinski definition) is 9. The van der Waals surface area contributed by atoms with Crippen molar-refractivity contribution in [1.82, 2.24) is 14.7 Å². The van der Waals surface area contributed by atoms with Crippen LogP contribution in [0.4, 0.5) is 22.7 Å². The average molecular weight is 729 g/mol. The summed E-state index contributed by atoms with van der Waals surface area (Å²) < 4.78 is 105. The third-order valence-corrected chi connectivity index (χ3v) is 11.0. The quantitative estimate of drug-likeness (QED) is 0.106. The molecule has 48 heavy (non-hydrogen) atoms. The number of hydrogen-bond donors (Lipinski definition) is 1. The Kier molecular flexibility index (Phi) is 11.3. The molecule has 3 aromatic carbocycles. The summed E-state index contributed by atoms with van der Waals surface area (Å²) in [5, 5.41) is 2.39. The number of benzene rings is 3. The summed E-state index contributed by atoms with van der Waals surface area (Å²) >= 11 is 7.22. The van der Waals surface area contributed by atoms with E-state index in [4.69, 9.17) is 25.8 Å². The van der Waals surface area contributed by atoms with E-state index in [-0.39, 0.29) is 48.6 Å². The molecule has 16 heteroatoms. The molecule has 4 aromatic rings. The predicted molar refractivity (Wildman–Crippen MR) is 174 cm³/mol. The van der Waals surface area contributed by atoms with Gasteiger partial charge in [-0.25, -0.2) is 22.1 Å². The van der Waals surface area contributed by atoms with Gasteiger partial charge in [-0.2, -0.15) is 17.5 Å². The Morgan fingerprint density at radius 1 is 1.10 bits per heavy atom. The van der Waals surface area contributed by atoms with Crippen LogP contribution in [-0.2, 0) is 16.6 Å². The second kappa shape index (κ2) is 15.3. The van der Waals surface area contributed by atoms with Crippen molar-refractivity contribution in [2.45, 2.75) is 48.3 Å². The normalized spacial score (nSPS) is 16.0. The molecule has 0 bridgehead atoms. The molecule has 3 atom stereocenters. The maximum Gasteiger partial charge on any atom is 0.391 e. The van der Waals surface area contributed by atoms with E-state index in [9.17, 15) is 26.0 Å². The van der Waals surface area contributed by atoms with Crippen LogP contribution in [0.3, 0.4) is 0 Å². The lowest BCUT2D eigenvalue weighted by Gasteiger charge is -2.29. The van der Waals surface area contributed by atoms with E-state index in [0.29, 0.717) is 40.4 Å². The molecule has 258 valence electrons. The zero-order valence-electron chi connectivity index (χ0n) is 25.9. The van der Waals surface area contributed by atoms with Gasteiger partial charge in [0.2, 0.25) is 5.13 Å². The van der Waals surface area contributed by atoms with Gasteiger partial charge in [0.25, 0.3) is 10.0 Å². The van der Waals surface area contributed by atoms with Crippen LogP contribution in [0, 0.1) is 11.7 Å². The molecule has 0 saturated carbocycles. The highest BCUT2D eigenvalue weighted by Gasteiger charge is 2.40. The summed E-state index contributed by atoms with van der Waals surface area (Å²) in [6.45, 7) is 0.141. The van der Waals surface area contributed by atoms with E-state index in [1.54, 1.807) is 24.3 Å². The van der Waals surface area contributed by atoms with Gasteiger partial charge in [-0.1, -0.05) is 18.2 Å². The molecular weight excluding hydrogens is 696 g/mol. The summed E-state index contributed by atoms with van der Waals surface area (Å²) in [4.78, 5) is 4.08.